The van der Waals surface area contributed by atoms with Crippen molar-refractivity contribution in [1.29, 1.82) is 0 Å². The molecule has 3 fully saturated rings. The molecule has 0 unspecified atom stereocenters. The Morgan fingerprint density at radius 2 is 1.55 bits per heavy atom. The molecule has 0 bridgehead atoms. The normalized spacial score (nSPS) is 26.9. The molecule has 11 nitrogen and oxygen atoms in total. The van der Waals surface area contributed by atoms with E-state index in [9.17, 15) is 24.3 Å². The number of piperidine rings is 2. The van der Waals surface area contributed by atoms with Crippen molar-refractivity contribution in [3.8, 4) is 0 Å². The van der Waals surface area contributed by atoms with Gasteiger partial charge in [0.1, 0.15) is 0 Å². The van der Waals surface area contributed by atoms with E-state index in [1.54, 1.807) is 14.7 Å². The van der Waals surface area contributed by atoms with Crippen LogP contribution in [0.15, 0.2) is 66.7 Å². The summed E-state index contributed by atoms with van der Waals surface area (Å²) in [4.78, 5) is 74.6. The van der Waals surface area contributed by atoms with Gasteiger partial charge < -0.3 is 34.2 Å². The molecule has 55 heavy (non-hydrogen) atoms. The number of benzene rings is 3. The Morgan fingerprint density at radius 3 is 2.20 bits per heavy atom. The molecule has 3 saturated heterocycles. The minimum atomic E-state index is -3.10. The summed E-state index contributed by atoms with van der Waals surface area (Å²) in [5.74, 6) is -0.828. The number of fused-ring (bicyclic) bond motifs is 3. The zero-order valence-corrected chi connectivity index (χ0v) is 33.1. The molecular weight excluding hydrogens is 713 g/mol. The van der Waals surface area contributed by atoms with E-state index in [1.165, 1.54) is 0 Å². The molecule has 5 heterocycles. The van der Waals surface area contributed by atoms with Crippen LogP contribution in [-0.2, 0) is 49.0 Å². The van der Waals surface area contributed by atoms with Gasteiger partial charge in [-0.2, -0.15) is 0 Å². The predicted octanol–water partition coefficient (Wildman–Crippen LogP) is 5.40. The van der Waals surface area contributed by atoms with Crippen molar-refractivity contribution in [3.63, 3.8) is 0 Å². The maximum atomic E-state index is 15.3. The van der Waals surface area contributed by atoms with Crippen LogP contribution in [-0.4, -0.2) is 78.6 Å². The lowest BCUT2D eigenvalue weighted by atomic mass is 9.82. The number of amides is 4. The van der Waals surface area contributed by atoms with Gasteiger partial charge in [-0.3, -0.25) is 19.2 Å². The quantitative estimate of drug-likeness (QED) is 0.294. The number of hydrogen-bond donors (Lipinski definition) is 2. The molecule has 1 spiro atoms. The third-order valence-corrected chi connectivity index (χ3v) is 15.3. The van der Waals surface area contributed by atoms with E-state index < -0.39 is 37.5 Å². The van der Waals surface area contributed by atoms with Gasteiger partial charge in [-0.25, -0.2) is 0 Å². The largest absolute Gasteiger partial charge is 0.432 e. The highest BCUT2D eigenvalue weighted by Gasteiger charge is 2.66. The summed E-state index contributed by atoms with van der Waals surface area (Å²) < 4.78 is 7.09. The first-order valence-corrected chi connectivity index (χ1v) is 23.0. The number of rotatable bonds is 8. The second kappa shape index (κ2) is 14.6. The Bertz CT molecular complexity index is 2020. The van der Waals surface area contributed by atoms with Crippen LogP contribution in [0, 0.1) is 5.92 Å². The molecule has 0 aromatic heterocycles. The van der Waals surface area contributed by atoms with Crippen molar-refractivity contribution >= 4 is 49.0 Å². The van der Waals surface area contributed by atoms with Crippen molar-refractivity contribution in [3.05, 3.63) is 89.0 Å². The smallest absolute Gasteiger partial charge is 0.264 e. The molecule has 4 amide bonds. The summed E-state index contributed by atoms with van der Waals surface area (Å²) in [6, 6.07) is 21.1. The molecule has 3 aromatic rings. The molecule has 5 atom stereocenters. The highest BCUT2D eigenvalue weighted by Crippen LogP contribution is 2.60. The van der Waals surface area contributed by atoms with Crippen LogP contribution in [0.4, 0.5) is 17.1 Å². The summed E-state index contributed by atoms with van der Waals surface area (Å²) >= 11 is 0. The summed E-state index contributed by atoms with van der Waals surface area (Å²) in [6.45, 7) is 7.30. The highest BCUT2D eigenvalue weighted by molar-refractivity contribution is 6.71. The number of carbonyl (C=O) groups is 4. The Kier molecular flexibility index (Phi) is 9.98. The maximum Gasteiger partial charge on any atom is 0.264 e. The lowest BCUT2D eigenvalue weighted by molar-refractivity contribution is -0.151. The fourth-order valence-electron chi connectivity index (χ4n) is 10.1. The van der Waals surface area contributed by atoms with E-state index in [2.05, 4.69) is 0 Å². The molecule has 2 N–H and O–H groups in total. The number of aliphatic hydroxyl groups excluding tert-OH is 1. The zero-order chi connectivity index (χ0) is 38.6. The van der Waals surface area contributed by atoms with Gasteiger partial charge in [0.25, 0.3) is 5.91 Å². The van der Waals surface area contributed by atoms with Crippen molar-refractivity contribution in [2.75, 3.05) is 34.4 Å². The third-order valence-electron chi connectivity index (χ3n) is 12.8. The average Bonchev–Trinajstić information content (AvgIpc) is 3.60. The van der Waals surface area contributed by atoms with Crippen LogP contribution in [0.2, 0.25) is 18.6 Å². The number of ether oxygens (including phenoxy) is 1. The SMILES string of the molecule is C[C@H]1[C@H]([Si](C)(C)O)[C@@H](CC(=O)N2Cc3ccccc3C[C@H]2CO)O[C@]12C(=O)N(Cc1cccc(N3CCCCC3=O)c1)c1ccc(N3CCCCC3=O)cc12. The number of nitrogens with zero attached hydrogens (tertiary/aromatic N) is 4. The molecular formula is C43H52N4O7Si. The van der Waals surface area contributed by atoms with Crippen LogP contribution in [0.5, 0.6) is 0 Å². The summed E-state index contributed by atoms with van der Waals surface area (Å²) in [5.41, 5.74) is 3.83. The van der Waals surface area contributed by atoms with Gasteiger partial charge in [0.15, 0.2) is 13.9 Å². The van der Waals surface area contributed by atoms with Gasteiger partial charge in [-0.1, -0.05) is 43.3 Å². The minimum Gasteiger partial charge on any atom is -0.432 e. The van der Waals surface area contributed by atoms with Crippen molar-refractivity contribution in [1.82, 2.24) is 4.90 Å². The second-order valence-electron chi connectivity index (χ2n) is 16.7. The van der Waals surface area contributed by atoms with Crippen molar-refractivity contribution in [2.45, 2.75) is 108 Å². The van der Waals surface area contributed by atoms with Crippen LogP contribution in [0.3, 0.4) is 0 Å². The van der Waals surface area contributed by atoms with Crippen molar-refractivity contribution < 1.29 is 33.8 Å². The van der Waals surface area contributed by atoms with Crippen LogP contribution in [0.25, 0.3) is 0 Å². The summed E-state index contributed by atoms with van der Waals surface area (Å²) in [7, 11) is -3.10. The number of hydrogen-bond acceptors (Lipinski definition) is 7. The fraction of sp³-hybridized carbons (Fsp3) is 0.488. The standard InChI is InChI=1S/C43H52N4O7Si/c1-28-41(55(2,3)53)37(24-40(51)46-26-31-13-5-4-12-30(31)22-34(46)27-48)54-43(28)35-23-33(45-20-9-7-16-39(45)50)17-18-36(35)47(42(43)52)25-29-11-10-14-32(21-29)44-19-8-6-15-38(44)49/h4-5,10-14,17-18,21,23,28,34,37,41,48,53H,6-9,15-16,19-20,22,24-27H2,1-3H3/t28-,34-,37+,41-,43+/m0/s1. The summed E-state index contributed by atoms with van der Waals surface area (Å²) in [5, 5.41) is 10.4. The molecule has 0 saturated carbocycles. The topological polar surface area (TPSA) is 131 Å². The molecule has 0 aliphatic carbocycles. The van der Waals surface area contributed by atoms with Gasteiger partial charge in [0, 0.05) is 60.9 Å². The monoisotopic (exact) mass is 764 g/mol. The number of anilines is 3. The Hall–Kier alpha value is -4.36. The minimum absolute atomic E-state index is 0.0395. The van der Waals surface area contributed by atoms with E-state index in [4.69, 9.17) is 4.74 Å². The van der Waals surface area contributed by atoms with E-state index >= 15 is 4.79 Å². The van der Waals surface area contributed by atoms with Crippen LogP contribution < -0.4 is 14.7 Å². The Balaban J connectivity index is 1.17. The lowest BCUT2D eigenvalue weighted by Gasteiger charge is -2.37. The Labute approximate surface area is 324 Å². The average molecular weight is 765 g/mol. The molecule has 12 heteroatoms. The van der Waals surface area contributed by atoms with E-state index in [0.717, 1.165) is 48.1 Å². The maximum absolute atomic E-state index is 15.3. The molecule has 8 rings (SSSR count). The molecule has 5 aliphatic rings. The van der Waals surface area contributed by atoms with E-state index in [1.807, 2.05) is 91.6 Å². The second-order valence-corrected chi connectivity index (χ2v) is 20.6. The van der Waals surface area contributed by atoms with Gasteiger partial charge in [-0.15, -0.1) is 0 Å². The highest BCUT2D eigenvalue weighted by atomic mass is 28.4. The van der Waals surface area contributed by atoms with Gasteiger partial charge in [0.05, 0.1) is 37.4 Å². The number of aliphatic hydroxyl groups is 1. The zero-order valence-electron chi connectivity index (χ0n) is 32.1. The first kappa shape index (κ1) is 37.6. The van der Waals surface area contributed by atoms with Gasteiger partial charge >= 0.3 is 0 Å². The van der Waals surface area contributed by atoms with E-state index in [-0.39, 0.29) is 43.2 Å². The molecule has 5 aliphatic heterocycles. The van der Waals surface area contributed by atoms with Crippen LogP contribution >= 0.6 is 0 Å². The van der Waals surface area contributed by atoms with Crippen LogP contribution in [0.1, 0.15) is 74.1 Å². The molecule has 290 valence electrons. The molecule has 3 aromatic carbocycles. The fourth-order valence-corrected chi connectivity index (χ4v) is 12.6. The lowest BCUT2D eigenvalue weighted by Crippen LogP contribution is -2.48. The van der Waals surface area contributed by atoms with Crippen molar-refractivity contribution in [2.24, 2.45) is 5.92 Å². The molecule has 0 radical (unpaired) electrons. The first-order valence-electron chi connectivity index (χ1n) is 19.9. The number of carbonyl (C=O) groups excluding carboxylic acids is 4. The van der Waals surface area contributed by atoms with Gasteiger partial charge in [-0.05, 0) is 92.2 Å². The third kappa shape index (κ3) is 6.60. The van der Waals surface area contributed by atoms with Gasteiger partial charge in [0.2, 0.25) is 17.7 Å². The van der Waals surface area contributed by atoms with E-state index in [0.29, 0.717) is 55.8 Å². The Morgan fingerprint density at radius 1 is 0.873 bits per heavy atom. The predicted molar refractivity (Wildman–Crippen MR) is 212 cm³/mol. The first-order chi connectivity index (χ1) is 26.4. The summed E-state index contributed by atoms with van der Waals surface area (Å²) in [6.07, 6.45) is 4.25.